The number of ether oxygens (including phenoxy) is 2. The topological polar surface area (TPSA) is 69.9 Å². The van der Waals surface area contributed by atoms with Gasteiger partial charge in [-0.25, -0.2) is 9.79 Å². The molecule has 0 amide bonds. The van der Waals surface area contributed by atoms with E-state index in [2.05, 4.69) is 15.9 Å². The van der Waals surface area contributed by atoms with Gasteiger partial charge in [0.15, 0.2) is 4.80 Å². The molecule has 8 heteroatoms. The van der Waals surface area contributed by atoms with E-state index in [1.54, 1.807) is 18.4 Å². The second-order valence-electron chi connectivity index (χ2n) is 9.86. The Balaban J connectivity index is 1.44. The van der Waals surface area contributed by atoms with Crippen LogP contribution in [0.3, 0.4) is 0 Å². The molecule has 1 aliphatic rings. The van der Waals surface area contributed by atoms with Crippen LogP contribution in [0.15, 0.2) is 117 Å². The smallest absolute Gasteiger partial charge is 0.338 e. The minimum atomic E-state index is -0.672. The Morgan fingerprint density at radius 1 is 1.02 bits per heavy atom. The van der Waals surface area contributed by atoms with Crippen molar-refractivity contribution < 1.29 is 14.3 Å². The number of thiazole rings is 1. The fourth-order valence-electron chi connectivity index (χ4n) is 5.17. The zero-order valence-corrected chi connectivity index (χ0v) is 25.4. The lowest BCUT2D eigenvalue weighted by Crippen LogP contribution is -2.40. The minimum absolute atomic E-state index is 0.216. The van der Waals surface area contributed by atoms with E-state index in [1.165, 1.54) is 11.3 Å². The van der Waals surface area contributed by atoms with E-state index in [4.69, 9.17) is 14.5 Å². The predicted molar refractivity (Wildman–Crippen MR) is 169 cm³/mol. The van der Waals surface area contributed by atoms with Crippen LogP contribution in [-0.4, -0.2) is 17.1 Å². The number of nitrogens with zero attached hydrogens (tertiary/aromatic N) is 2. The van der Waals surface area contributed by atoms with E-state index in [9.17, 15) is 9.59 Å². The lowest BCUT2D eigenvalue weighted by atomic mass is 9.91. The fourth-order valence-corrected chi connectivity index (χ4v) is 6.48. The molecule has 6 rings (SSSR count). The van der Waals surface area contributed by atoms with Gasteiger partial charge in [-0.15, -0.1) is 0 Å². The van der Waals surface area contributed by atoms with Gasteiger partial charge in [-0.1, -0.05) is 94.0 Å². The van der Waals surface area contributed by atoms with Crippen molar-refractivity contribution in [3.05, 3.63) is 143 Å². The molecule has 0 N–H and O–H groups in total. The number of halogens is 1. The quantitative estimate of drug-likeness (QED) is 0.196. The van der Waals surface area contributed by atoms with Gasteiger partial charge in [-0.3, -0.25) is 9.36 Å². The number of allylic oxidation sites excluding steroid dienone is 1. The molecule has 0 unspecified atom stereocenters. The van der Waals surface area contributed by atoms with E-state index in [0.29, 0.717) is 33.0 Å². The maximum Gasteiger partial charge on any atom is 0.338 e. The summed E-state index contributed by atoms with van der Waals surface area (Å²) in [6, 6.07) is 28.9. The first kappa shape index (κ1) is 27.9. The van der Waals surface area contributed by atoms with Gasteiger partial charge >= 0.3 is 5.97 Å². The molecule has 0 radical (unpaired) electrons. The first-order valence-corrected chi connectivity index (χ1v) is 15.2. The molecule has 5 aromatic rings. The number of hydrogen-bond donors (Lipinski definition) is 0. The molecule has 0 aliphatic carbocycles. The molecule has 2 heterocycles. The standard InChI is InChI=1S/C34H27BrN2O4S/c1-3-40-33(39)30-21(2)36-34-37(31(30)28-13-7-10-24-9-4-5-12-27(24)28)32(38)29(42-34)19-23-8-6-11-26(18-23)41-20-22-14-16-25(35)17-15-22/h4-19,31H,3,20H2,1-2H3/b29-19-/t31-/m0/s1. The van der Waals surface area contributed by atoms with Crippen molar-refractivity contribution in [1.29, 1.82) is 0 Å². The molecule has 1 aliphatic heterocycles. The predicted octanol–water partition coefficient (Wildman–Crippen LogP) is 6.29. The molecular formula is C34H27BrN2O4S. The molecule has 210 valence electrons. The molecule has 0 spiro atoms. The number of hydrogen-bond acceptors (Lipinski definition) is 6. The summed E-state index contributed by atoms with van der Waals surface area (Å²) in [7, 11) is 0. The largest absolute Gasteiger partial charge is 0.489 e. The average molecular weight is 640 g/mol. The fraction of sp³-hybridized carbons (Fsp3) is 0.147. The number of benzene rings is 4. The van der Waals surface area contributed by atoms with Crippen LogP contribution in [0.2, 0.25) is 0 Å². The van der Waals surface area contributed by atoms with Gasteiger partial charge in [0.2, 0.25) is 0 Å². The first-order valence-electron chi connectivity index (χ1n) is 13.6. The van der Waals surface area contributed by atoms with Gasteiger partial charge in [-0.2, -0.15) is 0 Å². The molecular weight excluding hydrogens is 612 g/mol. The second-order valence-corrected chi connectivity index (χ2v) is 11.8. The maximum atomic E-state index is 14.1. The summed E-state index contributed by atoms with van der Waals surface area (Å²) in [5.41, 5.74) is 3.43. The Morgan fingerprint density at radius 2 is 1.79 bits per heavy atom. The van der Waals surface area contributed by atoms with E-state index in [-0.39, 0.29) is 12.2 Å². The van der Waals surface area contributed by atoms with Crippen molar-refractivity contribution in [2.45, 2.75) is 26.5 Å². The Kier molecular flexibility index (Phi) is 7.91. The lowest BCUT2D eigenvalue weighted by Gasteiger charge is -2.25. The van der Waals surface area contributed by atoms with Crippen molar-refractivity contribution in [1.82, 2.24) is 4.57 Å². The molecule has 1 atom stereocenters. The molecule has 0 fully saturated rings. The number of esters is 1. The number of rotatable bonds is 7. The van der Waals surface area contributed by atoms with Gasteiger partial charge in [0.25, 0.3) is 5.56 Å². The average Bonchev–Trinajstić information content (AvgIpc) is 3.30. The van der Waals surface area contributed by atoms with Gasteiger partial charge in [-0.05, 0) is 71.7 Å². The van der Waals surface area contributed by atoms with Crippen LogP contribution in [0.1, 0.15) is 36.6 Å². The van der Waals surface area contributed by atoms with Crippen LogP contribution in [0.5, 0.6) is 5.75 Å². The summed E-state index contributed by atoms with van der Waals surface area (Å²) in [6.45, 7) is 4.22. The zero-order chi connectivity index (χ0) is 29.2. The van der Waals surface area contributed by atoms with Crippen LogP contribution in [0.25, 0.3) is 16.8 Å². The monoisotopic (exact) mass is 638 g/mol. The third-order valence-corrected chi connectivity index (χ3v) is 8.62. The van der Waals surface area contributed by atoms with Crippen molar-refractivity contribution in [2.24, 2.45) is 4.99 Å². The van der Waals surface area contributed by atoms with Crippen LogP contribution < -0.4 is 19.6 Å². The summed E-state index contributed by atoms with van der Waals surface area (Å²) in [6.07, 6.45) is 1.85. The SMILES string of the molecule is CCOC(=O)C1=C(C)N=c2s/c(=C\c3cccc(OCc4ccc(Br)cc4)c3)c(=O)n2[C@H]1c1cccc2ccccc12. The van der Waals surface area contributed by atoms with Gasteiger partial charge in [0.05, 0.1) is 28.5 Å². The van der Waals surface area contributed by atoms with E-state index in [0.717, 1.165) is 31.9 Å². The van der Waals surface area contributed by atoms with Gasteiger partial charge < -0.3 is 9.47 Å². The molecule has 1 aromatic heterocycles. The molecule has 0 saturated carbocycles. The van der Waals surface area contributed by atoms with Crippen LogP contribution in [0, 0.1) is 0 Å². The molecule has 0 saturated heterocycles. The van der Waals surface area contributed by atoms with E-state index < -0.39 is 12.0 Å². The number of fused-ring (bicyclic) bond motifs is 2. The van der Waals surface area contributed by atoms with Gasteiger partial charge in [0.1, 0.15) is 12.4 Å². The highest BCUT2D eigenvalue weighted by molar-refractivity contribution is 9.10. The zero-order valence-electron chi connectivity index (χ0n) is 23.0. The number of aromatic nitrogens is 1. The third kappa shape index (κ3) is 5.47. The van der Waals surface area contributed by atoms with Crippen LogP contribution >= 0.6 is 27.3 Å². The Hall–Kier alpha value is -4.27. The Morgan fingerprint density at radius 3 is 2.60 bits per heavy atom. The molecule has 0 bridgehead atoms. The summed E-state index contributed by atoms with van der Waals surface area (Å²) in [5.74, 6) is 0.232. The molecule has 42 heavy (non-hydrogen) atoms. The van der Waals surface area contributed by atoms with Crippen molar-refractivity contribution >= 4 is 50.1 Å². The third-order valence-electron chi connectivity index (χ3n) is 7.11. The maximum absolute atomic E-state index is 14.1. The normalized spacial score (nSPS) is 14.9. The lowest BCUT2D eigenvalue weighted by molar-refractivity contribution is -0.139. The summed E-state index contributed by atoms with van der Waals surface area (Å²) < 4.78 is 14.6. The van der Waals surface area contributed by atoms with Gasteiger partial charge in [0, 0.05) is 4.47 Å². The van der Waals surface area contributed by atoms with E-state index in [1.807, 2.05) is 97.1 Å². The second kappa shape index (κ2) is 11.9. The summed E-state index contributed by atoms with van der Waals surface area (Å²) in [5, 5.41) is 1.99. The van der Waals surface area contributed by atoms with Crippen molar-refractivity contribution in [3.8, 4) is 5.75 Å². The van der Waals surface area contributed by atoms with Crippen molar-refractivity contribution in [3.63, 3.8) is 0 Å². The first-order chi connectivity index (χ1) is 20.4. The summed E-state index contributed by atoms with van der Waals surface area (Å²) in [4.78, 5) is 32.6. The van der Waals surface area contributed by atoms with Crippen LogP contribution in [0.4, 0.5) is 0 Å². The Bertz CT molecular complexity index is 2020. The highest BCUT2D eigenvalue weighted by Gasteiger charge is 2.34. The number of carbonyl (C=O) groups is 1. The summed E-state index contributed by atoms with van der Waals surface area (Å²) >= 11 is 4.76. The highest BCUT2D eigenvalue weighted by Crippen LogP contribution is 2.34. The molecule has 4 aromatic carbocycles. The number of carbonyl (C=O) groups excluding carboxylic acids is 1. The van der Waals surface area contributed by atoms with Crippen LogP contribution in [-0.2, 0) is 16.1 Å². The van der Waals surface area contributed by atoms with Crippen molar-refractivity contribution in [2.75, 3.05) is 6.61 Å². The van der Waals surface area contributed by atoms with E-state index >= 15 is 0 Å². The molecule has 6 nitrogen and oxygen atoms in total. The minimum Gasteiger partial charge on any atom is -0.489 e. The highest BCUT2D eigenvalue weighted by atomic mass is 79.9. The Labute approximate surface area is 255 Å².